The fourth-order valence-corrected chi connectivity index (χ4v) is 2.03. The molecule has 1 aromatic rings. The summed E-state index contributed by atoms with van der Waals surface area (Å²) in [6, 6.07) is 8.07. The topological polar surface area (TPSA) is 102 Å². The first kappa shape index (κ1) is 16.2. The lowest BCUT2D eigenvalue weighted by Crippen LogP contribution is -2.30. The summed E-state index contributed by atoms with van der Waals surface area (Å²) in [6.45, 7) is 0.00460. The van der Waals surface area contributed by atoms with Gasteiger partial charge < -0.3 is 14.8 Å². The van der Waals surface area contributed by atoms with Crippen LogP contribution in [0.2, 0.25) is 0 Å². The third-order valence-corrected chi connectivity index (χ3v) is 3.15. The molecule has 8 nitrogen and oxygen atoms in total. The van der Waals surface area contributed by atoms with E-state index in [1.807, 2.05) is 0 Å². The molecule has 1 aliphatic rings. The lowest BCUT2D eigenvalue weighted by molar-refractivity contribution is -0.144. The molecule has 0 aromatic heterocycles. The second-order valence-electron chi connectivity index (χ2n) is 4.54. The molecule has 23 heavy (non-hydrogen) atoms. The normalized spacial score (nSPS) is 13.7. The van der Waals surface area contributed by atoms with E-state index in [4.69, 9.17) is 0 Å². The number of hydrogen-bond donors (Lipinski definition) is 1. The van der Waals surface area contributed by atoms with Crippen LogP contribution < -0.4 is 5.32 Å². The molecule has 0 bridgehead atoms. The lowest BCUT2D eigenvalue weighted by atomic mass is 10.2. The monoisotopic (exact) mass is 318 g/mol. The van der Waals surface area contributed by atoms with Crippen molar-refractivity contribution in [3.63, 3.8) is 0 Å². The van der Waals surface area contributed by atoms with E-state index in [1.165, 1.54) is 0 Å². The minimum absolute atomic E-state index is 0.00460. The van der Waals surface area contributed by atoms with E-state index in [9.17, 15) is 19.2 Å². The second-order valence-corrected chi connectivity index (χ2v) is 4.54. The third-order valence-electron chi connectivity index (χ3n) is 3.15. The highest BCUT2D eigenvalue weighted by Crippen LogP contribution is 2.18. The fraction of sp³-hybridized carbons (Fsp3) is 0.200. The minimum Gasteiger partial charge on any atom is -0.465 e. The Morgan fingerprint density at radius 1 is 1.04 bits per heavy atom. The number of amides is 3. The Labute approximate surface area is 131 Å². The lowest BCUT2D eigenvalue weighted by Gasteiger charge is -2.11. The molecule has 1 aromatic carbocycles. The van der Waals surface area contributed by atoms with E-state index in [0.29, 0.717) is 0 Å². The molecule has 1 heterocycles. The number of nitrogens with zero attached hydrogens (tertiary/aromatic N) is 1. The number of urea groups is 1. The average Bonchev–Trinajstić information content (AvgIpc) is 2.83. The number of rotatable bonds is 4. The van der Waals surface area contributed by atoms with Crippen LogP contribution >= 0.6 is 0 Å². The van der Waals surface area contributed by atoms with E-state index >= 15 is 0 Å². The van der Waals surface area contributed by atoms with Crippen LogP contribution in [0, 0.1) is 0 Å². The molecule has 8 heteroatoms. The Balaban J connectivity index is 2.37. The van der Waals surface area contributed by atoms with Gasteiger partial charge in [-0.2, -0.15) is 0 Å². The van der Waals surface area contributed by atoms with Crippen molar-refractivity contribution in [3.8, 4) is 0 Å². The van der Waals surface area contributed by atoms with Crippen molar-refractivity contribution in [1.29, 1.82) is 0 Å². The molecule has 1 saturated heterocycles. The quantitative estimate of drug-likeness (QED) is 0.282. The van der Waals surface area contributed by atoms with Crippen LogP contribution in [-0.4, -0.2) is 43.0 Å². The number of methoxy groups -OCH3 is 2. The average molecular weight is 318 g/mol. The van der Waals surface area contributed by atoms with Gasteiger partial charge in [-0.05, 0) is 5.56 Å². The maximum atomic E-state index is 12.4. The first-order valence-corrected chi connectivity index (χ1v) is 6.57. The summed E-state index contributed by atoms with van der Waals surface area (Å²) in [4.78, 5) is 48.7. The summed E-state index contributed by atoms with van der Waals surface area (Å²) >= 11 is 0. The molecule has 1 aliphatic heterocycles. The van der Waals surface area contributed by atoms with Gasteiger partial charge in [-0.25, -0.2) is 14.4 Å². The SMILES string of the molecule is COC(=O)C(C(=O)OC)=C1NC(=O)N(Cc2ccccc2)C1=O. The van der Waals surface area contributed by atoms with Gasteiger partial charge in [0, 0.05) is 0 Å². The van der Waals surface area contributed by atoms with Crippen LogP contribution in [0.4, 0.5) is 4.79 Å². The Morgan fingerprint density at radius 2 is 1.61 bits per heavy atom. The molecule has 0 radical (unpaired) electrons. The summed E-state index contributed by atoms with van der Waals surface area (Å²) in [7, 11) is 2.10. The molecule has 1 N–H and O–H groups in total. The van der Waals surface area contributed by atoms with Crippen molar-refractivity contribution in [2.24, 2.45) is 0 Å². The zero-order valence-electron chi connectivity index (χ0n) is 12.5. The molecule has 2 rings (SSSR count). The maximum Gasteiger partial charge on any atom is 0.347 e. The summed E-state index contributed by atoms with van der Waals surface area (Å²) in [5.41, 5.74) is -0.386. The van der Waals surface area contributed by atoms with Gasteiger partial charge in [0.15, 0.2) is 5.57 Å². The summed E-state index contributed by atoms with van der Waals surface area (Å²) in [5.74, 6) is -2.94. The van der Waals surface area contributed by atoms with Crippen molar-refractivity contribution < 1.29 is 28.7 Å². The minimum atomic E-state index is -1.07. The summed E-state index contributed by atoms with van der Waals surface area (Å²) in [5, 5.41) is 2.22. The molecule has 3 amide bonds. The number of ether oxygens (including phenoxy) is 2. The molecular weight excluding hydrogens is 304 g/mol. The number of benzene rings is 1. The van der Waals surface area contributed by atoms with Gasteiger partial charge in [0.25, 0.3) is 5.91 Å². The molecule has 1 fully saturated rings. The van der Waals surface area contributed by atoms with Crippen molar-refractivity contribution in [2.45, 2.75) is 6.54 Å². The van der Waals surface area contributed by atoms with Crippen molar-refractivity contribution in [3.05, 3.63) is 47.2 Å². The number of imide groups is 1. The van der Waals surface area contributed by atoms with E-state index in [2.05, 4.69) is 14.8 Å². The van der Waals surface area contributed by atoms with E-state index in [0.717, 1.165) is 24.7 Å². The molecule has 120 valence electrons. The third kappa shape index (κ3) is 3.20. The highest BCUT2D eigenvalue weighted by atomic mass is 16.5. The molecule has 0 aliphatic carbocycles. The molecule has 0 spiro atoms. The Morgan fingerprint density at radius 3 is 2.13 bits per heavy atom. The second kappa shape index (κ2) is 6.73. The molecular formula is C15H14N2O6. The van der Waals surface area contributed by atoms with Crippen molar-refractivity contribution in [2.75, 3.05) is 14.2 Å². The van der Waals surface area contributed by atoms with Crippen LogP contribution in [0.15, 0.2) is 41.6 Å². The van der Waals surface area contributed by atoms with Gasteiger partial charge in [-0.3, -0.25) is 9.69 Å². The Kier molecular flexibility index (Phi) is 4.75. The summed E-state index contributed by atoms with van der Waals surface area (Å²) in [6.07, 6.45) is 0. The van der Waals surface area contributed by atoms with E-state index in [-0.39, 0.29) is 6.54 Å². The van der Waals surface area contributed by atoms with Crippen LogP contribution in [0.1, 0.15) is 5.56 Å². The molecule has 0 atom stereocenters. The van der Waals surface area contributed by atoms with Crippen LogP contribution in [0.25, 0.3) is 0 Å². The predicted octanol–water partition coefficient (Wildman–Crippen LogP) is 0.338. The van der Waals surface area contributed by atoms with E-state index < -0.39 is 35.1 Å². The van der Waals surface area contributed by atoms with Gasteiger partial charge in [0.1, 0.15) is 5.70 Å². The predicted molar refractivity (Wildman–Crippen MR) is 76.6 cm³/mol. The fourth-order valence-electron chi connectivity index (χ4n) is 2.03. The number of esters is 2. The van der Waals surface area contributed by atoms with Crippen LogP contribution in [0.5, 0.6) is 0 Å². The van der Waals surface area contributed by atoms with Crippen LogP contribution in [-0.2, 0) is 30.4 Å². The smallest absolute Gasteiger partial charge is 0.347 e. The maximum absolute atomic E-state index is 12.4. The Bertz CT molecular complexity index is 677. The van der Waals surface area contributed by atoms with Gasteiger partial charge in [-0.15, -0.1) is 0 Å². The number of carbonyl (C=O) groups excluding carboxylic acids is 4. The zero-order chi connectivity index (χ0) is 17.0. The first-order valence-electron chi connectivity index (χ1n) is 6.57. The van der Waals surface area contributed by atoms with Crippen LogP contribution in [0.3, 0.4) is 0 Å². The largest absolute Gasteiger partial charge is 0.465 e. The number of hydrogen-bond acceptors (Lipinski definition) is 6. The molecule has 0 unspecified atom stereocenters. The highest BCUT2D eigenvalue weighted by Gasteiger charge is 2.40. The number of nitrogens with one attached hydrogen (secondary N) is 1. The highest BCUT2D eigenvalue weighted by molar-refractivity contribution is 6.23. The zero-order valence-corrected chi connectivity index (χ0v) is 12.5. The van der Waals surface area contributed by atoms with Gasteiger partial charge >= 0.3 is 18.0 Å². The first-order chi connectivity index (χ1) is 11.0. The van der Waals surface area contributed by atoms with E-state index in [1.54, 1.807) is 30.3 Å². The summed E-state index contributed by atoms with van der Waals surface area (Å²) < 4.78 is 8.93. The van der Waals surface area contributed by atoms with Crippen molar-refractivity contribution in [1.82, 2.24) is 10.2 Å². The standard InChI is InChI=1S/C15H14N2O6/c1-22-13(19)10(14(20)23-2)11-12(18)17(15(21)16-11)8-9-6-4-3-5-7-9/h3-7H,8H2,1-2H3,(H,16,21). The van der Waals surface area contributed by atoms with Gasteiger partial charge in [-0.1, -0.05) is 30.3 Å². The van der Waals surface area contributed by atoms with Crippen molar-refractivity contribution >= 4 is 23.9 Å². The number of carbonyl (C=O) groups is 4. The van der Waals surface area contributed by atoms with Gasteiger partial charge in [0.05, 0.1) is 20.8 Å². The molecule has 0 saturated carbocycles. The van der Waals surface area contributed by atoms with Gasteiger partial charge in [0.2, 0.25) is 0 Å². The Hall–Kier alpha value is -3.16.